The van der Waals surface area contributed by atoms with Crippen molar-refractivity contribution in [2.24, 2.45) is 0 Å². The van der Waals surface area contributed by atoms with Gasteiger partial charge in [-0.05, 0) is 38.4 Å². The first-order valence-corrected chi connectivity index (χ1v) is 7.17. The van der Waals surface area contributed by atoms with Gasteiger partial charge in [0.15, 0.2) is 0 Å². The SMILES string of the molecule is CCCOc1cccc(NCCN(C)C2CC2)c1N. The number of nitrogen functional groups attached to an aromatic ring is 1. The number of rotatable bonds is 8. The quantitative estimate of drug-likeness (QED) is 0.708. The van der Waals surface area contributed by atoms with Gasteiger partial charge in [0, 0.05) is 19.1 Å². The van der Waals surface area contributed by atoms with Gasteiger partial charge in [-0.3, -0.25) is 0 Å². The van der Waals surface area contributed by atoms with Crippen molar-refractivity contribution in [3.8, 4) is 5.75 Å². The van der Waals surface area contributed by atoms with Gasteiger partial charge in [0.2, 0.25) is 0 Å². The van der Waals surface area contributed by atoms with Crippen LogP contribution in [-0.4, -0.2) is 37.7 Å². The van der Waals surface area contributed by atoms with E-state index in [1.807, 2.05) is 18.2 Å². The maximum absolute atomic E-state index is 6.11. The second-order valence-corrected chi connectivity index (χ2v) is 5.20. The Morgan fingerprint density at radius 3 is 2.89 bits per heavy atom. The lowest BCUT2D eigenvalue weighted by Gasteiger charge is -2.18. The highest BCUT2D eigenvalue weighted by Gasteiger charge is 2.25. The van der Waals surface area contributed by atoms with E-state index < -0.39 is 0 Å². The molecule has 0 amide bonds. The van der Waals surface area contributed by atoms with Crippen LogP contribution in [-0.2, 0) is 0 Å². The summed E-state index contributed by atoms with van der Waals surface area (Å²) in [5, 5.41) is 3.40. The number of para-hydroxylation sites is 1. The normalized spacial score (nSPS) is 14.7. The summed E-state index contributed by atoms with van der Waals surface area (Å²) in [7, 11) is 2.18. The van der Waals surface area contributed by atoms with Crippen molar-refractivity contribution in [2.45, 2.75) is 32.2 Å². The second-order valence-electron chi connectivity index (χ2n) is 5.20. The molecule has 0 spiro atoms. The number of anilines is 2. The number of nitrogens with one attached hydrogen (secondary N) is 1. The molecule has 0 radical (unpaired) electrons. The maximum Gasteiger partial charge on any atom is 0.144 e. The van der Waals surface area contributed by atoms with E-state index in [1.165, 1.54) is 12.8 Å². The lowest BCUT2D eigenvalue weighted by molar-refractivity contribution is 0.319. The average Bonchev–Trinajstić information content (AvgIpc) is 3.23. The van der Waals surface area contributed by atoms with E-state index in [0.717, 1.165) is 37.0 Å². The van der Waals surface area contributed by atoms with Gasteiger partial charge in [0.1, 0.15) is 5.75 Å². The fraction of sp³-hybridized carbons (Fsp3) is 0.600. The summed E-state index contributed by atoms with van der Waals surface area (Å²) in [6, 6.07) is 6.71. The molecule has 1 aromatic carbocycles. The molecule has 0 unspecified atom stereocenters. The topological polar surface area (TPSA) is 50.5 Å². The minimum atomic E-state index is 0.706. The van der Waals surface area contributed by atoms with Crippen LogP contribution in [0.15, 0.2) is 18.2 Å². The Hall–Kier alpha value is -1.42. The standard InChI is InChI=1S/C15H25N3O/c1-3-11-19-14-6-4-5-13(15(14)16)17-9-10-18(2)12-7-8-12/h4-6,12,17H,3,7-11,16H2,1-2H3. The zero-order chi connectivity index (χ0) is 13.7. The third-order valence-electron chi connectivity index (χ3n) is 3.48. The van der Waals surface area contributed by atoms with E-state index in [-0.39, 0.29) is 0 Å². The summed E-state index contributed by atoms with van der Waals surface area (Å²) in [4.78, 5) is 2.40. The lowest BCUT2D eigenvalue weighted by atomic mass is 10.2. The van der Waals surface area contributed by atoms with Crippen molar-refractivity contribution >= 4 is 11.4 Å². The molecule has 19 heavy (non-hydrogen) atoms. The Balaban J connectivity index is 1.84. The molecule has 1 saturated carbocycles. The molecule has 3 N–H and O–H groups in total. The van der Waals surface area contributed by atoms with Crippen molar-refractivity contribution in [3.05, 3.63) is 18.2 Å². The summed E-state index contributed by atoms with van der Waals surface area (Å²) >= 11 is 0. The number of likely N-dealkylation sites (N-methyl/N-ethyl adjacent to an activating group) is 1. The fourth-order valence-electron chi connectivity index (χ4n) is 2.10. The monoisotopic (exact) mass is 263 g/mol. The maximum atomic E-state index is 6.11. The minimum Gasteiger partial charge on any atom is -0.491 e. The molecule has 0 bridgehead atoms. The molecule has 0 saturated heterocycles. The van der Waals surface area contributed by atoms with Gasteiger partial charge in [-0.2, -0.15) is 0 Å². The van der Waals surface area contributed by atoms with Gasteiger partial charge in [-0.1, -0.05) is 13.0 Å². The molecule has 0 heterocycles. The Kier molecular flexibility index (Phi) is 4.91. The molecule has 1 aromatic rings. The third-order valence-corrected chi connectivity index (χ3v) is 3.48. The molecule has 2 rings (SSSR count). The van der Waals surface area contributed by atoms with Gasteiger partial charge in [0.25, 0.3) is 0 Å². The Morgan fingerprint density at radius 1 is 1.42 bits per heavy atom. The Bertz CT molecular complexity index is 404. The second kappa shape index (κ2) is 6.66. The first-order valence-electron chi connectivity index (χ1n) is 7.17. The molecular formula is C15H25N3O. The van der Waals surface area contributed by atoms with Gasteiger partial charge >= 0.3 is 0 Å². The zero-order valence-electron chi connectivity index (χ0n) is 12.0. The predicted molar refractivity (Wildman–Crippen MR) is 80.8 cm³/mol. The number of hydrogen-bond donors (Lipinski definition) is 2. The van der Waals surface area contributed by atoms with E-state index in [4.69, 9.17) is 10.5 Å². The highest BCUT2D eigenvalue weighted by atomic mass is 16.5. The van der Waals surface area contributed by atoms with Gasteiger partial charge < -0.3 is 20.7 Å². The van der Waals surface area contributed by atoms with Crippen molar-refractivity contribution in [1.82, 2.24) is 4.90 Å². The fourth-order valence-corrected chi connectivity index (χ4v) is 2.10. The number of hydrogen-bond acceptors (Lipinski definition) is 4. The summed E-state index contributed by atoms with van der Waals surface area (Å²) in [6.45, 7) is 4.75. The predicted octanol–water partition coefficient (Wildman–Crippen LogP) is 2.56. The van der Waals surface area contributed by atoms with Crippen LogP contribution in [0.3, 0.4) is 0 Å². The van der Waals surface area contributed by atoms with Crippen LogP contribution in [0.4, 0.5) is 11.4 Å². The molecule has 1 fully saturated rings. The molecule has 4 heteroatoms. The number of ether oxygens (including phenoxy) is 1. The molecule has 1 aliphatic rings. The number of benzene rings is 1. The lowest BCUT2D eigenvalue weighted by Crippen LogP contribution is -2.27. The summed E-state index contributed by atoms with van der Waals surface area (Å²) in [5.41, 5.74) is 7.80. The minimum absolute atomic E-state index is 0.706. The first-order chi connectivity index (χ1) is 9.22. The van der Waals surface area contributed by atoms with E-state index in [0.29, 0.717) is 12.3 Å². The average molecular weight is 263 g/mol. The van der Waals surface area contributed by atoms with Crippen molar-refractivity contribution in [2.75, 3.05) is 37.8 Å². The summed E-state index contributed by atoms with van der Waals surface area (Å²) < 4.78 is 5.63. The summed E-state index contributed by atoms with van der Waals surface area (Å²) in [5.74, 6) is 0.780. The third kappa shape index (κ3) is 4.03. The molecular weight excluding hydrogens is 238 g/mol. The molecule has 0 aliphatic heterocycles. The Morgan fingerprint density at radius 2 is 2.21 bits per heavy atom. The summed E-state index contributed by atoms with van der Waals surface area (Å²) in [6.07, 6.45) is 3.68. The highest BCUT2D eigenvalue weighted by molar-refractivity contribution is 5.72. The van der Waals surface area contributed by atoms with E-state index in [2.05, 4.69) is 24.2 Å². The van der Waals surface area contributed by atoms with Crippen LogP contribution >= 0.6 is 0 Å². The van der Waals surface area contributed by atoms with Crippen LogP contribution in [0.5, 0.6) is 5.75 Å². The van der Waals surface area contributed by atoms with Crippen molar-refractivity contribution < 1.29 is 4.74 Å². The van der Waals surface area contributed by atoms with E-state index in [1.54, 1.807) is 0 Å². The number of nitrogens with two attached hydrogens (primary N) is 1. The van der Waals surface area contributed by atoms with Gasteiger partial charge in [-0.25, -0.2) is 0 Å². The number of nitrogens with zero attached hydrogens (tertiary/aromatic N) is 1. The largest absolute Gasteiger partial charge is 0.491 e. The molecule has 1 aliphatic carbocycles. The molecule has 0 aromatic heterocycles. The molecule has 4 nitrogen and oxygen atoms in total. The van der Waals surface area contributed by atoms with Gasteiger partial charge in [-0.15, -0.1) is 0 Å². The van der Waals surface area contributed by atoms with Crippen LogP contribution in [0, 0.1) is 0 Å². The molecule has 0 atom stereocenters. The van der Waals surface area contributed by atoms with Gasteiger partial charge in [0.05, 0.1) is 18.0 Å². The van der Waals surface area contributed by atoms with Crippen LogP contribution in [0.25, 0.3) is 0 Å². The van der Waals surface area contributed by atoms with Crippen LogP contribution in [0.1, 0.15) is 26.2 Å². The zero-order valence-corrected chi connectivity index (χ0v) is 12.0. The Labute approximate surface area is 115 Å². The smallest absolute Gasteiger partial charge is 0.144 e. The molecule has 106 valence electrons. The van der Waals surface area contributed by atoms with E-state index >= 15 is 0 Å². The first kappa shape index (κ1) is 14.0. The van der Waals surface area contributed by atoms with Crippen LogP contribution < -0.4 is 15.8 Å². The van der Waals surface area contributed by atoms with E-state index in [9.17, 15) is 0 Å². The highest BCUT2D eigenvalue weighted by Crippen LogP contribution is 2.29. The van der Waals surface area contributed by atoms with Crippen LogP contribution in [0.2, 0.25) is 0 Å². The van der Waals surface area contributed by atoms with Crippen molar-refractivity contribution in [3.63, 3.8) is 0 Å². The van der Waals surface area contributed by atoms with Crippen molar-refractivity contribution in [1.29, 1.82) is 0 Å².